The van der Waals surface area contributed by atoms with E-state index in [0.717, 1.165) is 16.9 Å². The first-order valence-corrected chi connectivity index (χ1v) is 9.69. The van der Waals surface area contributed by atoms with E-state index >= 15 is 0 Å². The smallest absolute Gasteiger partial charge is 0.315 e. The SMILES string of the molecule is COc1ccc(CNC(=O)NCCS(=O)(=O)Cc2ccccc2)cc1. The van der Waals surface area contributed by atoms with Crippen LogP contribution in [0, 0.1) is 0 Å². The van der Waals surface area contributed by atoms with E-state index in [1.54, 1.807) is 31.4 Å². The Morgan fingerprint density at radius 2 is 1.64 bits per heavy atom. The van der Waals surface area contributed by atoms with Gasteiger partial charge >= 0.3 is 6.03 Å². The highest BCUT2D eigenvalue weighted by atomic mass is 32.2. The van der Waals surface area contributed by atoms with Crippen LogP contribution < -0.4 is 15.4 Å². The topological polar surface area (TPSA) is 84.5 Å². The van der Waals surface area contributed by atoms with Gasteiger partial charge in [-0.05, 0) is 23.3 Å². The van der Waals surface area contributed by atoms with Gasteiger partial charge in [-0.1, -0.05) is 42.5 Å². The Morgan fingerprint density at radius 1 is 0.960 bits per heavy atom. The van der Waals surface area contributed by atoms with Crippen molar-refractivity contribution in [2.24, 2.45) is 0 Å². The molecule has 0 aliphatic rings. The van der Waals surface area contributed by atoms with Gasteiger partial charge in [0.05, 0.1) is 18.6 Å². The molecule has 0 heterocycles. The van der Waals surface area contributed by atoms with Crippen molar-refractivity contribution >= 4 is 15.9 Å². The Balaban J connectivity index is 1.70. The van der Waals surface area contributed by atoms with E-state index in [4.69, 9.17) is 4.74 Å². The number of benzene rings is 2. The molecule has 0 saturated carbocycles. The maximum atomic E-state index is 12.0. The van der Waals surface area contributed by atoms with Crippen molar-refractivity contribution in [3.8, 4) is 5.75 Å². The number of amides is 2. The van der Waals surface area contributed by atoms with E-state index in [1.807, 2.05) is 30.3 Å². The molecule has 134 valence electrons. The van der Waals surface area contributed by atoms with E-state index in [1.165, 1.54) is 0 Å². The fourth-order valence-electron chi connectivity index (χ4n) is 2.21. The zero-order valence-corrected chi connectivity index (χ0v) is 14.9. The number of carbonyl (C=O) groups is 1. The van der Waals surface area contributed by atoms with Gasteiger partial charge in [0, 0.05) is 13.1 Å². The lowest BCUT2D eigenvalue weighted by Crippen LogP contribution is -2.37. The normalized spacial score (nSPS) is 10.9. The highest BCUT2D eigenvalue weighted by Crippen LogP contribution is 2.10. The van der Waals surface area contributed by atoms with Crippen molar-refractivity contribution in [1.29, 1.82) is 0 Å². The second kappa shape index (κ2) is 9.08. The van der Waals surface area contributed by atoms with Gasteiger partial charge < -0.3 is 15.4 Å². The molecular weight excluding hydrogens is 340 g/mol. The number of hydrogen-bond acceptors (Lipinski definition) is 4. The van der Waals surface area contributed by atoms with E-state index in [0.29, 0.717) is 6.54 Å². The predicted octanol–water partition coefficient (Wildman–Crippen LogP) is 2.11. The first kappa shape index (κ1) is 18.8. The molecule has 0 saturated heterocycles. The minimum absolute atomic E-state index is 0.0248. The molecule has 2 amide bonds. The Morgan fingerprint density at radius 3 is 2.28 bits per heavy atom. The number of sulfone groups is 1. The summed E-state index contributed by atoms with van der Waals surface area (Å²) in [5, 5.41) is 5.25. The van der Waals surface area contributed by atoms with Crippen LogP contribution in [0.5, 0.6) is 5.75 Å². The molecule has 0 aliphatic heterocycles. The van der Waals surface area contributed by atoms with E-state index in [9.17, 15) is 13.2 Å². The van der Waals surface area contributed by atoms with Crippen LogP contribution in [0.4, 0.5) is 4.79 Å². The van der Waals surface area contributed by atoms with Crippen molar-refractivity contribution in [3.63, 3.8) is 0 Å². The Bertz CT molecular complexity index is 774. The molecule has 25 heavy (non-hydrogen) atoms. The Hall–Kier alpha value is -2.54. The van der Waals surface area contributed by atoms with Gasteiger partial charge in [0.2, 0.25) is 0 Å². The second-order valence-corrected chi connectivity index (χ2v) is 7.72. The minimum Gasteiger partial charge on any atom is -0.497 e. The quantitative estimate of drug-likeness (QED) is 0.753. The third-order valence-electron chi connectivity index (χ3n) is 3.54. The predicted molar refractivity (Wildman–Crippen MR) is 97.2 cm³/mol. The van der Waals surface area contributed by atoms with Crippen molar-refractivity contribution in [2.45, 2.75) is 12.3 Å². The summed E-state index contributed by atoms with van der Waals surface area (Å²) in [5.41, 5.74) is 1.67. The van der Waals surface area contributed by atoms with Gasteiger partial charge in [0.15, 0.2) is 9.84 Å². The molecule has 7 heteroatoms. The molecule has 0 fully saturated rings. The second-order valence-electron chi connectivity index (χ2n) is 5.54. The molecule has 2 aromatic carbocycles. The molecule has 6 nitrogen and oxygen atoms in total. The largest absolute Gasteiger partial charge is 0.497 e. The fraction of sp³-hybridized carbons (Fsp3) is 0.278. The van der Waals surface area contributed by atoms with Crippen LogP contribution in [0.1, 0.15) is 11.1 Å². The molecule has 2 N–H and O–H groups in total. The van der Waals surface area contributed by atoms with Gasteiger partial charge in [-0.2, -0.15) is 0 Å². The van der Waals surface area contributed by atoms with Crippen molar-refractivity contribution < 1.29 is 17.9 Å². The molecule has 0 atom stereocenters. The van der Waals surface area contributed by atoms with Crippen LogP contribution >= 0.6 is 0 Å². The number of hydrogen-bond donors (Lipinski definition) is 2. The lowest BCUT2D eigenvalue weighted by molar-refractivity contribution is 0.241. The molecule has 0 spiro atoms. The first-order valence-electron chi connectivity index (χ1n) is 7.87. The standard InChI is InChI=1S/C18H22N2O4S/c1-24-17-9-7-15(8-10-17)13-20-18(21)19-11-12-25(22,23)14-16-5-3-2-4-6-16/h2-10H,11-14H2,1H3,(H2,19,20,21). The van der Waals surface area contributed by atoms with Gasteiger partial charge in [-0.15, -0.1) is 0 Å². The van der Waals surface area contributed by atoms with E-state index < -0.39 is 15.9 Å². The van der Waals surface area contributed by atoms with Crippen LogP contribution in [0.25, 0.3) is 0 Å². The maximum Gasteiger partial charge on any atom is 0.315 e. The van der Waals surface area contributed by atoms with Gasteiger partial charge in [0.1, 0.15) is 5.75 Å². The molecule has 2 rings (SSSR count). The Kier molecular flexibility index (Phi) is 6.82. The molecule has 0 bridgehead atoms. The van der Waals surface area contributed by atoms with Crippen LogP contribution in [0.3, 0.4) is 0 Å². The number of nitrogens with one attached hydrogen (secondary N) is 2. The third-order valence-corrected chi connectivity index (χ3v) is 5.14. The zero-order valence-electron chi connectivity index (χ0n) is 14.1. The average molecular weight is 362 g/mol. The highest BCUT2D eigenvalue weighted by molar-refractivity contribution is 7.90. The molecule has 0 unspecified atom stereocenters. The van der Waals surface area contributed by atoms with Crippen LogP contribution in [0.15, 0.2) is 54.6 Å². The van der Waals surface area contributed by atoms with Crippen molar-refractivity contribution in [3.05, 3.63) is 65.7 Å². The number of urea groups is 1. The lowest BCUT2D eigenvalue weighted by atomic mass is 10.2. The number of rotatable bonds is 8. The van der Waals surface area contributed by atoms with Gasteiger partial charge in [-0.25, -0.2) is 13.2 Å². The molecule has 0 aromatic heterocycles. The number of methoxy groups -OCH3 is 1. The van der Waals surface area contributed by atoms with Crippen LogP contribution in [-0.2, 0) is 22.1 Å². The summed E-state index contributed by atoms with van der Waals surface area (Å²) in [6.45, 7) is 0.427. The summed E-state index contributed by atoms with van der Waals surface area (Å²) in [4.78, 5) is 11.7. The zero-order chi connectivity index (χ0) is 18.1. The minimum atomic E-state index is -3.26. The summed E-state index contributed by atoms with van der Waals surface area (Å²) in [6, 6.07) is 15.9. The Labute approximate surface area is 148 Å². The van der Waals surface area contributed by atoms with Crippen LogP contribution in [-0.4, -0.2) is 33.9 Å². The highest BCUT2D eigenvalue weighted by Gasteiger charge is 2.12. The summed E-state index contributed by atoms with van der Waals surface area (Å²) >= 11 is 0. The monoisotopic (exact) mass is 362 g/mol. The summed E-state index contributed by atoms with van der Waals surface area (Å²) < 4.78 is 29.1. The van der Waals surface area contributed by atoms with Gasteiger partial charge in [-0.3, -0.25) is 0 Å². The summed E-state index contributed by atoms with van der Waals surface area (Å²) in [7, 11) is -1.67. The third kappa shape index (κ3) is 6.84. The molecule has 0 aliphatic carbocycles. The van der Waals surface area contributed by atoms with E-state index in [-0.39, 0.29) is 18.1 Å². The average Bonchev–Trinajstić information content (AvgIpc) is 2.60. The molecular formula is C18H22N2O4S. The number of ether oxygens (including phenoxy) is 1. The summed E-state index contributed by atoms with van der Waals surface area (Å²) in [6.07, 6.45) is 0. The lowest BCUT2D eigenvalue weighted by Gasteiger charge is -2.09. The first-order chi connectivity index (χ1) is 12.0. The fourth-order valence-corrected chi connectivity index (χ4v) is 3.47. The maximum absolute atomic E-state index is 12.0. The van der Waals surface area contributed by atoms with Crippen molar-refractivity contribution in [2.75, 3.05) is 19.4 Å². The molecule has 2 aromatic rings. The van der Waals surface area contributed by atoms with Gasteiger partial charge in [0.25, 0.3) is 0 Å². The van der Waals surface area contributed by atoms with E-state index in [2.05, 4.69) is 10.6 Å². The molecule has 0 radical (unpaired) electrons. The van der Waals surface area contributed by atoms with Crippen LogP contribution in [0.2, 0.25) is 0 Å². The summed E-state index contributed by atoms with van der Waals surface area (Å²) in [5.74, 6) is 0.623. The number of carbonyl (C=O) groups excluding carboxylic acids is 1. The van der Waals surface area contributed by atoms with Crippen molar-refractivity contribution in [1.82, 2.24) is 10.6 Å².